The fraction of sp³-hybridized carbons (Fsp3) is 0.692. The Morgan fingerprint density at radius 1 is 0.893 bits per heavy atom. The highest BCUT2D eigenvalue weighted by atomic mass is 16.3. The lowest BCUT2D eigenvalue weighted by atomic mass is 9.47. The normalized spacial score (nSPS) is 47.2. The van der Waals surface area contributed by atoms with E-state index in [1.807, 2.05) is 30.3 Å². The molecular weight excluding hydrogens is 344 g/mol. The molecule has 0 saturated heterocycles. The largest absolute Gasteiger partial charge is 0.393 e. The summed E-state index contributed by atoms with van der Waals surface area (Å²) >= 11 is 0. The third kappa shape index (κ3) is 2.94. The summed E-state index contributed by atoms with van der Waals surface area (Å²) in [6.45, 7) is 2.52. The molecule has 0 aliphatic heterocycles. The Labute approximate surface area is 169 Å². The van der Waals surface area contributed by atoms with E-state index in [1.165, 1.54) is 25.7 Å². The molecule has 4 fully saturated rings. The lowest BCUT2D eigenvalue weighted by Crippen LogP contribution is -2.53. The summed E-state index contributed by atoms with van der Waals surface area (Å²) in [5.74, 6) is 9.79. The molecule has 2 heteroatoms. The van der Waals surface area contributed by atoms with Gasteiger partial charge in [-0.15, -0.1) is 0 Å². The standard InChI is InChI=1S/C26H34O2/c1-25-14-12-20(27)17-19(25)7-8-21-22-13-16-26(28,24(22)10-9-23(21)25)15-11-18-5-3-2-4-6-18/h2-6,19-24,27-28H,7-10,12-14,16-17H2,1H3/t19?,20?,21?,22?,23?,24?,25?,26-/m0/s1. The summed E-state index contributed by atoms with van der Waals surface area (Å²) in [7, 11) is 0. The van der Waals surface area contributed by atoms with Crippen LogP contribution in [0.15, 0.2) is 30.3 Å². The monoisotopic (exact) mass is 378 g/mol. The molecule has 8 atom stereocenters. The van der Waals surface area contributed by atoms with Crippen LogP contribution in [-0.4, -0.2) is 21.9 Å². The molecule has 0 amide bonds. The lowest BCUT2D eigenvalue weighted by Gasteiger charge is -2.59. The van der Waals surface area contributed by atoms with Crippen LogP contribution in [0.1, 0.15) is 70.3 Å². The number of hydrogen-bond donors (Lipinski definition) is 2. The van der Waals surface area contributed by atoms with Crippen LogP contribution < -0.4 is 0 Å². The van der Waals surface area contributed by atoms with Crippen molar-refractivity contribution in [1.29, 1.82) is 0 Å². The molecule has 0 aromatic heterocycles. The second-order valence-corrected chi connectivity index (χ2v) is 10.4. The van der Waals surface area contributed by atoms with Crippen LogP contribution in [0.2, 0.25) is 0 Å². The first-order valence-corrected chi connectivity index (χ1v) is 11.5. The predicted molar refractivity (Wildman–Crippen MR) is 111 cm³/mol. The van der Waals surface area contributed by atoms with Crippen molar-refractivity contribution >= 4 is 0 Å². The number of fused-ring (bicyclic) bond motifs is 5. The maximum absolute atomic E-state index is 11.5. The minimum absolute atomic E-state index is 0.0733. The van der Waals surface area contributed by atoms with Crippen LogP contribution in [0.4, 0.5) is 0 Å². The molecule has 5 rings (SSSR count). The highest BCUT2D eigenvalue weighted by Gasteiger charge is 2.59. The van der Waals surface area contributed by atoms with Gasteiger partial charge in [0.2, 0.25) is 0 Å². The molecule has 2 N–H and O–H groups in total. The van der Waals surface area contributed by atoms with Crippen molar-refractivity contribution in [1.82, 2.24) is 0 Å². The van der Waals surface area contributed by atoms with Gasteiger partial charge in [0, 0.05) is 11.5 Å². The molecule has 4 aliphatic rings. The summed E-state index contributed by atoms with van der Waals surface area (Å²) in [5, 5.41) is 21.6. The van der Waals surface area contributed by atoms with Crippen molar-refractivity contribution in [2.45, 2.75) is 76.4 Å². The Balaban J connectivity index is 1.37. The maximum Gasteiger partial charge on any atom is 0.128 e. The van der Waals surface area contributed by atoms with Gasteiger partial charge in [-0.05, 0) is 99.0 Å². The molecule has 2 nitrogen and oxygen atoms in total. The Kier molecular flexibility index (Phi) is 4.61. The van der Waals surface area contributed by atoms with Gasteiger partial charge in [0.25, 0.3) is 0 Å². The highest BCUT2D eigenvalue weighted by Crippen LogP contribution is 2.64. The van der Waals surface area contributed by atoms with Gasteiger partial charge in [-0.1, -0.05) is 37.0 Å². The topological polar surface area (TPSA) is 40.5 Å². The van der Waals surface area contributed by atoms with E-state index in [0.717, 1.165) is 49.5 Å². The van der Waals surface area contributed by atoms with Crippen molar-refractivity contribution in [3.8, 4) is 11.8 Å². The van der Waals surface area contributed by atoms with Crippen molar-refractivity contribution in [2.75, 3.05) is 0 Å². The molecule has 150 valence electrons. The molecule has 4 aliphatic carbocycles. The van der Waals surface area contributed by atoms with Crippen LogP contribution >= 0.6 is 0 Å². The number of aliphatic hydroxyl groups is 2. The van der Waals surface area contributed by atoms with Crippen molar-refractivity contribution < 1.29 is 10.2 Å². The van der Waals surface area contributed by atoms with Crippen LogP contribution in [0.3, 0.4) is 0 Å². The summed E-state index contributed by atoms with van der Waals surface area (Å²) in [6.07, 6.45) is 10.0. The minimum Gasteiger partial charge on any atom is -0.393 e. The van der Waals surface area contributed by atoms with Gasteiger partial charge in [-0.3, -0.25) is 0 Å². The predicted octanol–water partition coefficient (Wildman–Crippen LogP) is 4.78. The fourth-order valence-electron chi connectivity index (χ4n) is 7.78. The van der Waals surface area contributed by atoms with E-state index in [0.29, 0.717) is 23.2 Å². The molecule has 0 spiro atoms. The number of rotatable bonds is 0. The van der Waals surface area contributed by atoms with Crippen LogP contribution in [0.25, 0.3) is 0 Å². The minimum atomic E-state index is -0.800. The number of hydrogen-bond acceptors (Lipinski definition) is 2. The van der Waals surface area contributed by atoms with Gasteiger partial charge in [-0.25, -0.2) is 0 Å². The quantitative estimate of drug-likeness (QED) is 0.638. The molecule has 7 unspecified atom stereocenters. The average molecular weight is 379 g/mol. The lowest BCUT2D eigenvalue weighted by molar-refractivity contribution is -0.116. The van der Waals surface area contributed by atoms with Gasteiger partial charge in [0.1, 0.15) is 5.60 Å². The third-order valence-corrected chi connectivity index (χ3v) is 9.24. The molecular formula is C26H34O2. The van der Waals surface area contributed by atoms with E-state index >= 15 is 0 Å². The molecule has 1 aromatic carbocycles. The zero-order chi connectivity index (χ0) is 19.4. The van der Waals surface area contributed by atoms with Crippen molar-refractivity contribution in [3.63, 3.8) is 0 Å². The summed E-state index contributed by atoms with van der Waals surface area (Å²) < 4.78 is 0. The van der Waals surface area contributed by atoms with Crippen LogP contribution in [0, 0.1) is 46.8 Å². The molecule has 4 saturated carbocycles. The molecule has 0 radical (unpaired) electrons. The van der Waals surface area contributed by atoms with Gasteiger partial charge < -0.3 is 10.2 Å². The first kappa shape index (κ1) is 18.7. The Hall–Kier alpha value is -1.30. The maximum atomic E-state index is 11.5. The third-order valence-electron chi connectivity index (χ3n) is 9.24. The van der Waals surface area contributed by atoms with E-state index in [1.54, 1.807) is 0 Å². The van der Waals surface area contributed by atoms with Gasteiger partial charge in [0.15, 0.2) is 0 Å². The molecule has 28 heavy (non-hydrogen) atoms. The molecule has 0 heterocycles. The van der Waals surface area contributed by atoms with Crippen molar-refractivity contribution in [3.05, 3.63) is 35.9 Å². The van der Waals surface area contributed by atoms with E-state index in [9.17, 15) is 10.2 Å². The van der Waals surface area contributed by atoms with E-state index in [-0.39, 0.29) is 6.10 Å². The second kappa shape index (κ2) is 6.89. The van der Waals surface area contributed by atoms with E-state index in [4.69, 9.17) is 0 Å². The summed E-state index contributed by atoms with van der Waals surface area (Å²) in [5.41, 5.74) is 0.608. The van der Waals surface area contributed by atoms with Crippen molar-refractivity contribution in [2.24, 2.45) is 35.0 Å². The summed E-state index contributed by atoms with van der Waals surface area (Å²) in [4.78, 5) is 0. The second-order valence-electron chi connectivity index (χ2n) is 10.4. The zero-order valence-corrected chi connectivity index (χ0v) is 17.1. The van der Waals surface area contributed by atoms with Gasteiger partial charge >= 0.3 is 0 Å². The average Bonchev–Trinajstić information content (AvgIpc) is 3.05. The SMILES string of the molecule is CC12CCC(O)CC1CCC1C3CC[C@@](O)(C#Cc4ccccc4)C3CCC12. The number of aliphatic hydroxyl groups excluding tert-OH is 1. The van der Waals surface area contributed by atoms with Gasteiger partial charge in [0.05, 0.1) is 6.10 Å². The zero-order valence-electron chi connectivity index (χ0n) is 17.1. The van der Waals surface area contributed by atoms with E-state index in [2.05, 4.69) is 18.8 Å². The van der Waals surface area contributed by atoms with Crippen LogP contribution in [-0.2, 0) is 0 Å². The van der Waals surface area contributed by atoms with Gasteiger partial charge in [-0.2, -0.15) is 0 Å². The summed E-state index contributed by atoms with van der Waals surface area (Å²) in [6, 6.07) is 10.1. The van der Waals surface area contributed by atoms with E-state index < -0.39 is 5.60 Å². The molecule has 1 aromatic rings. The number of benzene rings is 1. The Morgan fingerprint density at radius 2 is 1.64 bits per heavy atom. The highest BCUT2D eigenvalue weighted by molar-refractivity contribution is 5.37. The smallest absolute Gasteiger partial charge is 0.128 e. The Bertz CT molecular complexity index is 777. The first-order valence-electron chi connectivity index (χ1n) is 11.5. The first-order chi connectivity index (χ1) is 13.5. The molecule has 0 bridgehead atoms. The Morgan fingerprint density at radius 3 is 2.46 bits per heavy atom. The van der Waals surface area contributed by atoms with Crippen LogP contribution in [0.5, 0.6) is 0 Å². The fourth-order valence-corrected chi connectivity index (χ4v) is 7.78.